The molecule has 1 aliphatic rings. The Bertz CT molecular complexity index is 382. The van der Waals surface area contributed by atoms with Crippen LogP contribution in [0.2, 0.25) is 0 Å². The summed E-state index contributed by atoms with van der Waals surface area (Å²) in [7, 11) is 1.67. The summed E-state index contributed by atoms with van der Waals surface area (Å²) in [6, 6.07) is 6.05. The fourth-order valence-corrected chi connectivity index (χ4v) is 2.32. The molecule has 1 atom stereocenters. The van der Waals surface area contributed by atoms with E-state index in [9.17, 15) is 4.79 Å². The molecule has 15 heavy (non-hydrogen) atoms. The molecular formula is C13H16O2. The summed E-state index contributed by atoms with van der Waals surface area (Å²) in [6.07, 6.45) is 2.44. The number of rotatable bonds is 2. The lowest BCUT2D eigenvalue weighted by atomic mass is 9.80. The van der Waals surface area contributed by atoms with Crippen LogP contribution in [0.4, 0.5) is 0 Å². The van der Waals surface area contributed by atoms with Gasteiger partial charge in [0.25, 0.3) is 0 Å². The molecular weight excluding hydrogens is 188 g/mol. The van der Waals surface area contributed by atoms with Gasteiger partial charge in [-0.1, -0.05) is 13.0 Å². The second kappa shape index (κ2) is 4.05. The smallest absolute Gasteiger partial charge is 0.140 e. The minimum atomic E-state index is 0.111. The average molecular weight is 204 g/mol. The minimum Gasteiger partial charge on any atom is -0.497 e. The van der Waals surface area contributed by atoms with Crippen LogP contribution in [0.1, 0.15) is 36.8 Å². The van der Waals surface area contributed by atoms with E-state index >= 15 is 0 Å². The minimum absolute atomic E-state index is 0.111. The molecule has 0 spiro atoms. The van der Waals surface area contributed by atoms with Crippen molar-refractivity contribution in [1.29, 1.82) is 0 Å². The van der Waals surface area contributed by atoms with E-state index in [-0.39, 0.29) is 5.92 Å². The molecule has 1 aromatic rings. The lowest BCUT2D eigenvalue weighted by Crippen LogP contribution is -2.19. The van der Waals surface area contributed by atoms with Crippen LogP contribution < -0.4 is 4.74 Å². The molecule has 1 aliphatic carbocycles. The molecule has 0 fully saturated rings. The van der Waals surface area contributed by atoms with E-state index in [0.29, 0.717) is 12.2 Å². The number of ketones is 1. The largest absolute Gasteiger partial charge is 0.497 e. The quantitative estimate of drug-likeness (QED) is 0.740. The van der Waals surface area contributed by atoms with Crippen LogP contribution in [-0.4, -0.2) is 12.9 Å². The van der Waals surface area contributed by atoms with Crippen molar-refractivity contribution in [3.63, 3.8) is 0 Å². The van der Waals surface area contributed by atoms with Crippen LogP contribution in [0.3, 0.4) is 0 Å². The maximum atomic E-state index is 11.7. The highest BCUT2D eigenvalue weighted by atomic mass is 16.5. The van der Waals surface area contributed by atoms with Gasteiger partial charge in [-0.15, -0.1) is 0 Å². The Morgan fingerprint density at radius 1 is 1.40 bits per heavy atom. The van der Waals surface area contributed by atoms with Gasteiger partial charge >= 0.3 is 0 Å². The number of ether oxygens (including phenoxy) is 1. The van der Waals surface area contributed by atoms with E-state index in [1.54, 1.807) is 7.11 Å². The van der Waals surface area contributed by atoms with Gasteiger partial charge in [-0.05, 0) is 36.1 Å². The first kappa shape index (κ1) is 10.2. The van der Waals surface area contributed by atoms with Gasteiger partial charge in [-0.25, -0.2) is 0 Å². The zero-order valence-electron chi connectivity index (χ0n) is 9.25. The normalized spacial score (nSPS) is 19.9. The number of aryl methyl sites for hydroxylation is 1. The van der Waals surface area contributed by atoms with Crippen LogP contribution in [-0.2, 0) is 11.2 Å². The Labute approximate surface area is 90.3 Å². The van der Waals surface area contributed by atoms with Gasteiger partial charge in [0.1, 0.15) is 11.5 Å². The van der Waals surface area contributed by atoms with Crippen molar-refractivity contribution in [2.24, 2.45) is 0 Å². The maximum absolute atomic E-state index is 11.7. The summed E-state index contributed by atoms with van der Waals surface area (Å²) >= 11 is 0. The van der Waals surface area contributed by atoms with Crippen LogP contribution in [0, 0.1) is 0 Å². The number of hydrogen-bond donors (Lipinski definition) is 0. The predicted octanol–water partition coefficient (Wildman–Crippen LogP) is 2.70. The van der Waals surface area contributed by atoms with Gasteiger partial charge in [0.2, 0.25) is 0 Å². The Morgan fingerprint density at radius 3 is 2.87 bits per heavy atom. The van der Waals surface area contributed by atoms with E-state index in [4.69, 9.17) is 4.74 Å². The summed E-state index contributed by atoms with van der Waals surface area (Å²) in [5.74, 6) is 1.38. The zero-order valence-corrected chi connectivity index (χ0v) is 9.25. The van der Waals surface area contributed by atoms with Crippen molar-refractivity contribution in [1.82, 2.24) is 0 Å². The van der Waals surface area contributed by atoms with E-state index in [0.717, 1.165) is 18.6 Å². The van der Waals surface area contributed by atoms with Crippen LogP contribution in [0.15, 0.2) is 18.2 Å². The Kier molecular flexibility index (Phi) is 2.76. The lowest BCUT2D eigenvalue weighted by molar-refractivity contribution is -0.121. The number of hydrogen-bond acceptors (Lipinski definition) is 2. The first-order valence-corrected chi connectivity index (χ1v) is 5.45. The highest BCUT2D eigenvalue weighted by Gasteiger charge is 2.25. The van der Waals surface area contributed by atoms with Gasteiger partial charge in [0.15, 0.2) is 0 Å². The molecule has 0 saturated heterocycles. The molecule has 0 saturated carbocycles. The van der Waals surface area contributed by atoms with E-state index in [2.05, 4.69) is 13.0 Å². The molecule has 0 bridgehead atoms. The van der Waals surface area contributed by atoms with Crippen molar-refractivity contribution in [2.45, 2.75) is 32.1 Å². The number of methoxy groups -OCH3 is 1. The molecule has 2 nitrogen and oxygen atoms in total. The zero-order chi connectivity index (χ0) is 10.8. The summed E-state index contributed by atoms with van der Waals surface area (Å²) in [4.78, 5) is 11.7. The summed E-state index contributed by atoms with van der Waals surface area (Å²) in [6.45, 7) is 2.07. The van der Waals surface area contributed by atoms with Crippen molar-refractivity contribution in [2.75, 3.05) is 7.11 Å². The van der Waals surface area contributed by atoms with Gasteiger partial charge in [-0.3, -0.25) is 4.79 Å². The third-order valence-corrected chi connectivity index (χ3v) is 3.16. The summed E-state index contributed by atoms with van der Waals surface area (Å²) in [5.41, 5.74) is 2.48. The number of fused-ring (bicyclic) bond motifs is 1. The lowest BCUT2D eigenvalue weighted by Gasteiger charge is -2.23. The Balaban J connectivity index is 2.42. The van der Waals surface area contributed by atoms with E-state index < -0.39 is 0 Å². The molecule has 2 rings (SSSR count). The topological polar surface area (TPSA) is 26.3 Å². The molecule has 0 heterocycles. The number of benzene rings is 1. The predicted molar refractivity (Wildman–Crippen MR) is 59.4 cm³/mol. The Hall–Kier alpha value is -1.31. The van der Waals surface area contributed by atoms with Gasteiger partial charge in [0.05, 0.1) is 7.11 Å². The van der Waals surface area contributed by atoms with Gasteiger partial charge in [-0.2, -0.15) is 0 Å². The van der Waals surface area contributed by atoms with Crippen molar-refractivity contribution in [3.05, 3.63) is 29.3 Å². The molecule has 1 aromatic carbocycles. The standard InChI is InChI=1S/C13H16O2/c1-3-11-12-6-5-10(15-2)8-9(12)4-7-13(11)14/h5-6,8,11H,3-4,7H2,1-2H3/t11-/m1/s1. The van der Waals surface area contributed by atoms with E-state index in [1.807, 2.05) is 12.1 Å². The fraction of sp³-hybridized carbons (Fsp3) is 0.462. The van der Waals surface area contributed by atoms with Crippen molar-refractivity contribution in [3.8, 4) is 5.75 Å². The fourth-order valence-electron chi connectivity index (χ4n) is 2.32. The SMILES string of the molecule is CC[C@H]1C(=O)CCc2cc(OC)ccc21. The monoisotopic (exact) mass is 204 g/mol. The van der Waals surface area contributed by atoms with Gasteiger partial charge < -0.3 is 4.74 Å². The summed E-state index contributed by atoms with van der Waals surface area (Å²) in [5, 5.41) is 0. The van der Waals surface area contributed by atoms with E-state index in [1.165, 1.54) is 11.1 Å². The highest BCUT2D eigenvalue weighted by Crippen LogP contribution is 2.33. The Morgan fingerprint density at radius 2 is 2.20 bits per heavy atom. The average Bonchev–Trinajstić information content (AvgIpc) is 2.28. The maximum Gasteiger partial charge on any atom is 0.140 e. The number of Topliss-reactive ketones (excluding diaryl/α,β-unsaturated/α-hetero) is 1. The second-order valence-corrected chi connectivity index (χ2v) is 3.99. The molecule has 80 valence electrons. The third kappa shape index (κ3) is 1.76. The number of carbonyl (C=O) groups is 1. The van der Waals surface area contributed by atoms with Crippen LogP contribution in [0.5, 0.6) is 5.75 Å². The highest BCUT2D eigenvalue weighted by molar-refractivity contribution is 5.88. The second-order valence-electron chi connectivity index (χ2n) is 3.99. The molecule has 0 radical (unpaired) electrons. The summed E-state index contributed by atoms with van der Waals surface area (Å²) < 4.78 is 5.19. The molecule has 2 heteroatoms. The molecule has 0 aromatic heterocycles. The molecule has 0 N–H and O–H groups in total. The van der Waals surface area contributed by atoms with Crippen molar-refractivity contribution >= 4 is 5.78 Å². The molecule has 0 aliphatic heterocycles. The number of carbonyl (C=O) groups excluding carboxylic acids is 1. The van der Waals surface area contributed by atoms with Crippen LogP contribution in [0.25, 0.3) is 0 Å². The van der Waals surface area contributed by atoms with Gasteiger partial charge in [0, 0.05) is 12.3 Å². The first-order valence-electron chi connectivity index (χ1n) is 5.45. The molecule has 0 amide bonds. The van der Waals surface area contributed by atoms with Crippen molar-refractivity contribution < 1.29 is 9.53 Å². The third-order valence-electron chi connectivity index (χ3n) is 3.16. The molecule has 0 unspecified atom stereocenters. The van der Waals surface area contributed by atoms with Crippen LogP contribution >= 0.6 is 0 Å². The first-order chi connectivity index (χ1) is 7.26.